The van der Waals surface area contributed by atoms with E-state index in [4.69, 9.17) is 19.2 Å². The lowest BCUT2D eigenvalue weighted by atomic mass is 9.93. The third kappa shape index (κ3) is 3.51. The predicted octanol–water partition coefficient (Wildman–Crippen LogP) is 3.65. The Balaban J connectivity index is 1.59. The van der Waals surface area contributed by atoms with Gasteiger partial charge in [-0.3, -0.25) is 9.98 Å². The molecule has 3 heterocycles. The number of benzene rings is 1. The molecule has 2 N–H and O–H groups in total. The third-order valence-electron chi connectivity index (χ3n) is 5.71. The number of aliphatic imine (C=N–C) groups is 2. The van der Waals surface area contributed by atoms with E-state index in [1.807, 2.05) is 6.21 Å². The van der Waals surface area contributed by atoms with Crippen molar-refractivity contribution >= 4 is 24.3 Å². The van der Waals surface area contributed by atoms with Gasteiger partial charge in [-0.05, 0) is 37.1 Å². The maximum absolute atomic E-state index is 5.92. The Hall–Kier alpha value is -2.80. The highest BCUT2D eigenvalue weighted by Crippen LogP contribution is 2.50. The minimum Gasteiger partial charge on any atom is -0.453 e. The van der Waals surface area contributed by atoms with E-state index in [1.165, 1.54) is 5.57 Å². The zero-order chi connectivity index (χ0) is 19.6. The van der Waals surface area contributed by atoms with E-state index < -0.39 is 0 Å². The van der Waals surface area contributed by atoms with Gasteiger partial charge in [0.25, 0.3) is 0 Å². The number of nitrogens with zero attached hydrogens (tertiary/aromatic N) is 2. The fraction of sp³-hybridized carbons (Fsp3) is 0.455. The fourth-order valence-corrected chi connectivity index (χ4v) is 4.09. The highest BCUT2D eigenvalue weighted by Gasteiger charge is 2.30. The van der Waals surface area contributed by atoms with Gasteiger partial charge < -0.3 is 24.8 Å². The zero-order valence-electron chi connectivity index (χ0n) is 16.6. The van der Waals surface area contributed by atoms with Gasteiger partial charge in [-0.25, -0.2) is 0 Å². The highest BCUT2D eigenvalue weighted by molar-refractivity contribution is 5.81. The average molecular weight is 394 g/mol. The normalized spacial score (nSPS) is 26.7. The maximum Gasteiger partial charge on any atom is 0.231 e. The summed E-state index contributed by atoms with van der Waals surface area (Å²) in [4.78, 5) is 9.25. The van der Waals surface area contributed by atoms with Gasteiger partial charge in [0.2, 0.25) is 6.79 Å². The molecule has 0 amide bonds. The molecule has 7 nitrogen and oxygen atoms in total. The number of fused-ring (bicyclic) bond motifs is 4. The lowest BCUT2D eigenvalue weighted by Crippen LogP contribution is -2.29. The summed E-state index contributed by atoms with van der Waals surface area (Å²) in [6.45, 7) is 4.52. The molecule has 1 aromatic rings. The average Bonchev–Trinajstić information content (AvgIpc) is 3.23. The van der Waals surface area contributed by atoms with Gasteiger partial charge in [-0.1, -0.05) is 19.1 Å². The van der Waals surface area contributed by atoms with Crippen molar-refractivity contribution in [3.05, 3.63) is 34.7 Å². The van der Waals surface area contributed by atoms with Crippen molar-refractivity contribution in [1.82, 2.24) is 5.32 Å². The van der Waals surface area contributed by atoms with Crippen molar-refractivity contribution in [3.63, 3.8) is 0 Å². The van der Waals surface area contributed by atoms with Gasteiger partial charge in [0.1, 0.15) is 5.82 Å². The molecule has 3 aliphatic heterocycles. The largest absolute Gasteiger partial charge is 0.453 e. The third-order valence-corrected chi connectivity index (χ3v) is 5.71. The fourth-order valence-electron chi connectivity index (χ4n) is 4.09. The smallest absolute Gasteiger partial charge is 0.231 e. The lowest BCUT2D eigenvalue weighted by molar-refractivity contribution is 0.110. The van der Waals surface area contributed by atoms with Crippen LogP contribution in [0.5, 0.6) is 11.5 Å². The van der Waals surface area contributed by atoms with Crippen molar-refractivity contribution < 1.29 is 14.2 Å². The van der Waals surface area contributed by atoms with Gasteiger partial charge in [0.05, 0.1) is 31.2 Å². The molecule has 0 aromatic heterocycles. The molecule has 0 spiro atoms. The maximum atomic E-state index is 5.92. The van der Waals surface area contributed by atoms with E-state index in [1.54, 1.807) is 6.34 Å². The predicted molar refractivity (Wildman–Crippen MR) is 114 cm³/mol. The minimum atomic E-state index is -0.0420. The molecule has 0 saturated carbocycles. The molecule has 2 bridgehead atoms. The highest BCUT2D eigenvalue weighted by atomic mass is 16.7. The summed E-state index contributed by atoms with van der Waals surface area (Å²) in [7, 11) is 0. The van der Waals surface area contributed by atoms with E-state index in [0.29, 0.717) is 13.2 Å². The van der Waals surface area contributed by atoms with Crippen LogP contribution >= 0.6 is 0 Å². The van der Waals surface area contributed by atoms with Crippen LogP contribution < -0.4 is 20.1 Å². The van der Waals surface area contributed by atoms with Gasteiger partial charge in [-0.2, -0.15) is 0 Å². The molecular formula is C22H26N4O3. The van der Waals surface area contributed by atoms with Gasteiger partial charge in [-0.15, -0.1) is 0 Å². The van der Waals surface area contributed by atoms with Crippen LogP contribution in [0.3, 0.4) is 0 Å². The molecular weight excluding hydrogens is 368 g/mol. The second kappa shape index (κ2) is 7.91. The summed E-state index contributed by atoms with van der Waals surface area (Å²) in [6.07, 6.45) is 11.0. The summed E-state index contributed by atoms with van der Waals surface area (Å²) in [5.41, 5.74) is 4.23. The Kier molecular flexibility index (Phi) is 4.97. The second-order valence-electron chi connectivity index (χ2n) is 7.74. The van der Waals surface area contributed by atoms with E-state index in [0.717, 1.165) is 60.0 Å². The topological polar surface area (TPSA) is 76.5 Å². The molecule has 2 atom stereocenters. The molecule has 0 radical (unpaired) electrons. The van der Waals surface area contributed by atoms with E-state index >= 15 is 0 Å². The summed E-state index contributed by atoms with van der Waals surface area (Å²) >= 11 is 0. The van der Waals surface area contributed by atoms with Crippen molar-refractivity contribution in [2.75, 3.05) is 31.9 Å². The van der Waals surface area contributed by atoms with Crippen LogP contribution in [0.25, 0.3) is 6.08 Å². The van der Waals surface area contributed by atoms with Crippen molar-refractivity contribution in [3.8, 4) is 11.5 Å². The van der Waals surface area contributed by atoms with Gasteiger partial charge in [0, 0.05) is 23.7 Å². The molecule has 0 fully saturated rings. The monoisotopic (exact) mass is 394 g/mol. The number of nitrogens with one attached hydrogen (secondary N) is 2. The van der Waals surface area contributed by atoms with Gasteiger partial charge >= 0.3 is 0 Å². The number of rotatable bonds is 0. The standard InChI is InChI=1S/C22H26N4O3/c1-14-11-27-8-4-2-3-7-24-18-6-5-15-9-16(18)19(21-20(15)28-13-29-21)26-22-17(14)10-23-12-25-22/h5-7,9,12,14,18,26H,2-4,8,10-11,13H2,1H3,(H,23,25)/b24-7-. The first-order chi connectivity index (χ1) is 14.3. The van der Waals surface area contributed by atoms with Crippen molar-refractivity contribution in [2.45, 2.75) is 32.2 Å². The van der Waals surface area contributed by atoms with E-state index in [9.17, 15) is 0 Å². The Morgan fingerprint density at radius 2 is 2.10 bits per heavy atom. The molecule has 2 unspecified atom stereocenters. The molecule has 0 saturated heterocycles. The van der Waals surface area contributed by atoms with Crippen molar-refractivity contribution in [1.29, 1.82) is 0 Å². The lowest BCUT2D eigenvalue weighted by Gasteiger charge is -2.26. The van der Waals surface area contributed by atoms with Crippen LogP contribution in [0, 0.1) is 5.92 Å². The minimum absolute atomic E-state index is 0.0420. The van der Waals surface area contributed by atoms with Crippen LogP contribution in [0.2, 0.25) is 0 Å². The van der Waals surface area contributed by atoms with Crippen LogP contribution in [-0.4, -0.2) is 39.1 Å². The number of hydrogen-bond acceptors (Lipinski definition) is 7. The van der Waals surface area contributed by atoms with Gasteiger partial charge in [0.15, 0.2) is 11.5 Å². The molecule has 4 aliphatic rings. The first-order valence-corrected chi connectivity index (χ1v) is 10.3. The first kappa shape index (κ1) is 18.2. The number of anilines is 1. The molecule has 29 heavy (non-hydrogen) atoms. The Bertz CT molecular complexity index is 919. The van der Waals surface area contributed by atoms with E-state index in [2.05, 4.69) is 40.8 Å². The Morgan fingerprint density at radius 3 is 3.07 bits per heavy atom. The van der Waals surface area contributed by atoms with Crippen LogP contribution in [0.4, 0.5) is 5.69 Å². The zero-order valence-corrected chi connectivity index (χ0v) is 16.6. The Morgan fingerprint density at radius 1 is 1.17 bits per heavy atom. The summed E-state index contributed by atoms with van der Waals surface area (Å²) in [5, 5.41) is 6.89. The SMILES string of the molecule is CC1COCCCC/C=N\C2C=Cc3cc2c(c2c3OCO2)NC2=C1CN=CN2. The van der Waals surface area contributed by atoms with Crippen LogP contribution in [-0.2, 0) is 4.74 Å². The molecule has 7 heteroatoms. The first-order valence-electron chi connectivity index (χ1n) is 10.3. The van der Waals surface area contributed by atoms with Crippen LogP contribution in [0.15, 0.2) is 33.5 Å². The quantitative estimate of drug-likeness (QED) is 0.703. The number of hydrogen-bond donors (Lipinski definition) is 2. The molecule has 1 aromatic carbocycles. The molecule has 1 aliphatic carbocycles. The molecule has 152 valence electrons. The van der Waals surface area contributed by atoms with Crippen LogP contribution in [0.1, 0.15) is 43.4 Å². The van der Waals surface area contributed by atoms with Crippen molar-refractivity contribution in [2.24, 2.45) is 15.9 Å². The summed E-state index contributed by atoms with van der Waals surface area (Å²) < 4.78 is 17.6. The second-order valence-corrected chi connectivity index (χ2v) is 7.74. The summed E-state index contributed by atoms with van der Waals surface area (Å²) in [5.74, 6) is 2.73. The Labute approximate surface area is 170 Å². The van der Waals surface area contributed by atoms with E-state index in [-0.39, 0.29) is 18.8 Å². The molecule has 5 rings (SSSR count). The summed E-state index contributed by atoms with van der Waals surface area (Å²) in [6, 6.07) is 2.11. The number of ether oxygens (including phenoxy) is 3.